The van der Waals surface area contributed by atoms with Gasteiger partial charge in [-0.2, -0.15) is 0 Å². The molecule has 0 atom stereocenters. The van der Waals surface area contributed by atoms with Crippen molar-refractivity contribution < 1.29 is 4.79 Å². The normalized spacial score (nSPS) is 11.2. The van der Waals surface area contributed by atoms with Gasteiger partial charge in [0.1, 0.15) is 0 Å². The zero-order chi connectivity index (χ0) is 18.1. The summed E-state index contributed by atoms with van der Waals surface area (Å²) >= 11 is 7.53. The van der Waals surface area contributed by atoms with Gasteiger partial charge < -0.3 is 16.0 Å². The van der Waals surface area contributed by atoms with E-state index in [-0.39, 0.29) is 5.91 Å². The Hall–Kier alpha value is -2.05. The van der Waals surface area contributed by atoms with E-state index in [1.807, 2.05) is 6.92 Å². The number of aliphatic imine (C=N–C) groups is 1. The Labute approximate surface area is 157 Å². The molecule has 1 heterocycles. The monoisotopic (exact) mass is 378 g/mol. The van der Waals surface area contributed by atoms with E-state index in [1.165, 1.54) is 10.4 Å². The van der Waals surface area contributed by atoms with E-state index in [2.05, 4.69) is 39.3 Å². The molecule has 0 fully saturated rings. The van der Waals surface area contributed by atoms with Gasteiger partial charge in [-0.1, -0.05) is 11.6 Å². The van der Waals surface area contributed by atoms with E-state index in [0.717, 1.165) is 12.5 Å². The number of hydrogen-bond acceptors (Lipinski definition) is 3. The van der Waals surface area contributed by atoms with Crippen LogP contribution in [-0.2, 0) is 6.54 Å². The molecular weight excluding hydrogens is 356 g/mol. The van der Waals surface area contributed by atoms with Crippen LogP contribution in [-0.4, -0.2) is 31.5 Å². The average Bonchev–Trinajstić information content (AvgIpc) is 3.02. The lowest BCUT2D eigenvalue weighted by molar-refractivity contribution is 0.0954. The van der Waals surface area contributed by atoms with Gasteiger partial charge in [0.25, 0.3) is 5.91 Å². The number of amides is 1. The maximum Gasteiger partial charge on any atom is 0.251 e. The number of carbonyl (C=O) groups is 1. The predicted molar refractivity (Wildman–Crippen MR) is 106 cm³/mol. The minimum Gasteiger partial charge on any atom is -0.357 e. The number of nitrogens with zero attached hydrogens (tertiary/aromatic N) is 1. The summed E-state index contributed by atoms with van der Waals surface area (Å²) in [5.74, 6) is 0.630. The fourth-order valence-electron chi connectivity index (χ4n) is 2.12. The van der Waals surface area contributed by atoms with Gasteiger partial charge in [-0.15, -0.1) is 11.3 Å². The van der Waals surface area contributed by atoms with Crippen LogP contribution in [0.2, 0.25) is 5.02 Å². The topological polar surface area (TPSA) is 65.5 Å². The first-order chi connectivity index (χ1) is 12.1. The van der Waals surface area contributed by atoms with Gasteiger partial charge in [-0.25, -0.2) is 4.99 Å². The largest absolute Gasteiger partial charge is 0.357 e. The van der Waals surface area contributed by atoms with Crippen LogP contribution in [0.15, 0.2) is 40.7 Å². The summed E-state index contributed by atoms with van der Waals surface area (Å²) in [4.78, 5) is 17.9. The van der Waals surface area contributed by atoms with Gasteiger partial charge in [0.15, 0.2) is 5.96 Å². The number of rotatable bonds is 7. The molecule has 0 bridgehead atoms. The van der Waals surface area contributed by atoms with Crippen molar-refractivity contribution in [3.8, 4) is 0 Å². The quantitative estimate of drug-likeness (QED) is 0.394. The highest BCUT2D eigenvalue weighted by molar-refractivity contribution is 7.10. The van der Waals surface area contributed by atoms with Crippen molar-refractivity contribution in [2.75, 3.05) is 19.6 Å². The lowest BCUT2D eigenvalue weighted by atomic mass is 10.2. The molecule has 1 aromatic heterocycles. The van der Waals surface area contributed by atoms with Crippen LogP contribution in [0.5, 0.6) is 0 Å². The number of nitrogens with one attached hydrogen (secondary N) is 3. The molecule has 1 amide bonds. The van der Waals surface area contributed by atoms with Gasteiger partial charge >= 0.3 is 0 Å². The number of thiophene rings is 1. The molecule has 25 heavy (non-hydrogen) atoms. The molecule has 0 radical (unpaired) electrons. The first kappa shape index (κ1) is 19.3. The molecule has 2 rings (SSSR count). The maximum atomic E-state index is 12.0. The average molecular weight is 379 g/mol. The Morgan fingerprint density at radius 2 is 1.84 bits per heavy atom. The SMILES string of the molecule is CCNC(=NCc1sccc1C)NCCNC(=O)c1ccc(Cl)cc1. The van der Waals surface area contributed by atoms with Crippen LogP contribution in [0.4, 0.5) is 0 Å². The molecular formula is C18H23ClN4OS. The van der Waals surface area contributed by atoms with Crippen molar-refractivity contribution in [3.05, 3.63) is 56.7 Å². The summed E-state index contributed by atoms with van der Waals surface area (Å²) in [6.45, 7) is 6.64. The lowest BCUT2D eigenvalue weighted by Crippen LogP contribution is -2.41. The summed E-state index contributed by atoms with van der Waals surface area (Å²) in [7, 11) is 0. The van der Waals surface area contributed by atoms with E-state index < -0.39 is 0 Å². The molecule has 0 aliphatic carbocycles. The molecule has 5 nitrogen and oxygen atoms in total. The first-order valence-corrected chi connectivity index (χ1v) is 9.45. The molecule has 3 N–H and O–H groups in total. The van der Waals surface area contributed by atoms with Crippen LogP contribution in [0.25, 0.3) is 0 Å². The number of guanidine groups is 1. The zero-order valence-electron chi connectivity index (χ0n) is 14.4. The summed E-state index contributed by atoms with van der Waals surface area (Å²) < 4.78 is 0. The Morgan fingerprint density at radius 1 is 1.12 bits per heavy atom. The molecule has 0 aliphatic heterocycles. The summed E-state index contributed by atoms with van der Waals surface area (Å²) in [5, 5.41) is 12.0. The second-order valence-corrected chi connectivity index (χ2v) is 6.85. The molecule has 1 aromatic carbocycles. The van der Waals surface area contributed by atoms with Crippen molar-refractivity contribution in [1.29, 1.82) is 0 Å². The van der Waals surface area contributed by atoms with Crippen LogP contribution in [0.3, 0.4) is 0 Å². The Balaban J connectivity index is 1.78. The van der Waals surface area contributed by atoms with Crippen LogP contribution >= 0.6 is 22.9 Å². The first-order valence-electron chi connectivity index (χ1n) is 8.19. The summed E-state index contributed by atoms with van der Waals surface area (Å²) in [5.41, 5.74) is 1.86. The standard InChI is InChI=1S/C18H23ClN4OS/c1-3-20-18(23-12-16-13(2)8-11-25-16)22-10-9-21-17(24)14-4-6-15(19)7-5-14/h4-8,11H,3,9-10,12H2,1-2H3,(H,21,24)(H2,20,22,23). The molecule has 0 saturated carbocycles. The highest BCUT2D eigenvalue weighted by Crippen LogP contribution is 2.16. The zero-order valence-corrected chi connectivity index (χ0v) is 16.0. The van der Waals surface area contributed by atoms with Crippen molar-refractivity contribution in [3.63, 3.8) is 0 Å². The highest BCUT2D eigenvalue weighted by Gasteiger charge is 2.05. The van der Waals surface area contributed by atoms with Crippen molar-refractivity contribution in [2.45, 2.75) is 20.4 Å². The smallest absolute Gasteiger partial charge is 0.251 e. The molecule has 0 saturated heterocycles. The van der Waals surface area contributed by atoms with Gasteiger partial charge in [0.2, 0.25) is 0 Å². The third-order valence-electron chi connectivity index (χ3n) is 3.50. The van der Waals surface area contributed by atoms with Gasteiger partial charge in [-0.05, 0) is 55.1 Å². The third-order valence-corrected chi connectivity index (χ3v) is 4.76. The second kappa shape index (κ2) is 10.1. The third kappa shape index (κ3) is 6.40. The Kier molecular flexibility index (Phi) is 7.76. The fraction of sp³-hybridized carbons (Fsp3) is 0.333. The molecule has 7 heteroatoms. The molecule has 0 unspecified atom stereocenters. The number of carbonyl (C=O) groups excluding carboxylic acids is 1. The van der Waals surface area contributed by atoms with E-state index in [1.54, 1.807) is 35.6 Å². The fourth-order valence-corrected chi connectivity index (χ4v) is 3.07. The van der Waals surface area contributed by atoms with Gasteiger partial charge in [0, 0.05) is 35.1 Å². The minimum absolute atomic E-state index is 0.116. The van der Waals surface area contributed by atoms with Crippen molar-refractivity contribution in [1.82, 2.24) is 16.0 Å². The van der Waals surface area contributed by atoms with E-state index in [4.69, 9.17) is 11.6 Å². The van der Waals surface area contributed by atoms with Crippen molar-refractivity contribution >= 4 is 34.8 Å². The number of hydrogen-bond donors (Lipinski definition) is 3. The van der Waals surface area contributed by atoms with Crippen LogP contribution < -0.4 is 16.0 Å². The van der Waals surface area contributed by atoms with E-state index in [0.29, 0.717) is 30.2 Å². The van der Waals surface area contributed by atoms with E-state index >= 15 is 0 Å². The number of halogens is 1. The summed E-state index contributed by atoms with van der Waals surface area (Å²) in [6, 6.07) is 8.93. The number of aryl methyl sites for hydroxylation is 1. The lowest BCUT2D eigenvalue weighted by Gasteiger charge is -2.12. The Bertz CT molecular complexity index is 712. The molecule has 134 valence electrons. The van der Waals surface area contributed by atoms with Crippen LogP contribution in [0.1, 0.15) is 27.7 Å². The minimum atomic E-state index is -0.116. The van der Waals surface area contributed by atoms with Gasteiger partial charge in [-0.3, -0.25) is 4.79 Å². The maximum absolute atomic E-state index is 12.0. The molecule has 0 spiro atoms. The van der Waals surface area contributed by atoms with Crippen LogP contribution in [0, 0.1) is 6.92 Å². The van der Waals surface area contributed by atoms with Crippen molar-refractivity contribution in [2.24, 2.45) is 4.99 Å². The second-order valence-electron chi connectivity index (χ2n) is 5.41. The van der Waals surface area contributed by atoms with Gasteiger partial charge in [0.05, 0.1) is 6.54 Å². The predicted octanol–water partition coefficient (Wildman–Crippen LogP) is 3.20. The number of benzene rings is 1. The summed E-state index contributed by atoms with van der Waals surface area (Å²) in [6.07, 6.45) is 0. The molecule has 2 aromatic rings. The molecule has 0 aliphatic rings. The highest BCUT2D eigenvalue weighted by atomic mass is 35.5. The Morgan fingerprint density at radius 3 is 2.48 bits per heavy atom. The van der Waals surface area contributed by atoms with E-state index in [9.17, 15) is 4.79 Å².